The molecular formula is C17H36N2O2. The van der Waals surface area contributed by atoms with Gasteiger partial charge in [0.05, 0.1) is 6.61 Å². The first-order valence-electron chi connectivity index (χ1n) is 8.44. The number of likely N-dealkylation sites (N-methyl/N-ethyl adjacent to an activating group) is 1. The second-order valence-electron chi connectivity index (χ2n) is 6.41. The predicted octanol–water partition coefficient (Wildman–Crippen LogP) is 3.06. The van der Waals surface area contributed by atoms with Gasteiger partial charge in [-0.25, -0.2) is 0 Å². The highest BCUT2D eigenvalue weighted by Crippen LogP contribution is 2.17. The SMILES string of the molecule is CCOC(=O)C(C)(CCN(CC(C)C)C(CC)CC)NC. The van der Waals surface area contributed by atoms with Gasteiger partial charge < -0.3 is 15.0 Å². The van der Waals surface area contributed by atoms with Gasteiger partial charge >= 0.3 is 5.97 Å². The van der Waals surface area contributed by atoms with Crippen molar-refractivity contribution in [3.63, 3.8) is 0 Å². The fraction of sp³-hybridized carbons (Fsp3) is 0.941. The molecule has 4 nitrogen and oxygen atoms in total. The molecule has 0 aromatic heterocycles. The van der Waals surface area contributed by atoms with Crippen LogP contribution in [0, 0.1) is 5.92 Å². The maximum atomic E-state index is 12.1. The van der Waals surface area contributed by atoms with Crippen LogP contribution in [0.4, 0.5) is 0 Å². The Balaban J connectivity index is 4.79. The zero-order chi connectivity index (χ0) is 16.5. The Morgan fingerprint density at radius 3 is 2.19 bits per heavy atom. The second-order valence-corrected chi connectivity index (χ2v) is 6.41. The summed E-state index contributed by atoms with van der Waals surface area (Å²) in [4.78, 5) is 14.7. The van der Waals surface area contributed by atoms with Crippen LogP contribution in [0.3, 0.4) is 0 Å². The van der Waals surface area contributed by atoms with E-state index in [0.717, 1.165) is 32.4 Å². The third-order valence-electron chi connectivity index (χ3n) is 4.24. The lowest BCUT2D eigenvalue weighted by Crippen LogP contribution is -2.51. The molecule has 0 rings (SSSR count). The molecule has 0 bridgehead atoms. The van der Waals surface area contributed by atoms with Crippen molar-refractivity contribution >= 4 is 5.97 Å². The van der Waals surface area contributed by atoms with E-state index in [9.17, 15) is 4.79 Å². The van der Waals surface area contributed by atoms with E-state index in [1.165, 1.54) is 0 Å². The zero-order valence-corrected chi connectivity index (χ0v) is 15.2. The van der Waals surface area contributed by atoms with Crippen LogP contribution in [0.1, 0.15) is 60.8 Å². The van der Waals surface area contributed by atoms with E-state index in [0.29, 0.717) is 18.6 Å². The molecule has 0 spiro atoms. The summed E-state index contributed by atoms with van der Waals surface area (Å²) in [5.41, 5.74) is -0.600. The van der Waals surface area contributed by atoms with E-state index in [1.807, 2.05) is 20.9 Å². The Bertz CT molecular complexity index is 291. The molecule has 126 valence electrons. The average molecular weight is 300 g/mol. The van der Waals surface area contributed by atoms with Gasteiger partial charge in [0.15, 0.2) is 0 Å². The van der Waals surface area contributed by atoms with E-state index in [-0.39, 0.29) is 5.97 Å². The van der Waals surface area contributed by atoms with Crippen molar-refractivity contribution in [1.82, 2.24) is 10.2 Å². The Morgan fingerprint density at radius 1 is 1.24 bits per heavy atom. The Labute approximate surface area is 131 Å². The maximum Gasteiger partial charge on any atom is 0.326 e. The summed E-state index contributed by atoms with van der Waals surface area (Å²) in [6, 6.07) is 0.593. The van der Waals surface area contributed by atoms with Crippen LogP contribution < -0.4 is 5.32 Å². The lowest BCUT2D eigenvalue weighted by molar-refractivity contribution is -0.150. The topological polar surface area (TPSA) is 41.6 Å². The van der Waals surface area contributed by atoms with Crippen molar-refractivity contribution in [3.05, 3.63) is 0 Å². The number of hydrogen-bond acceptors (Lipinski definition) is 4. The lowest BCUT2D eigenvalue weighted by Gasteiger charge is -2.35. The summed E-state index contributed by atoms with van der Waals surface area (Å²) in [5.74, 6) is 0.482. The molecule has 1 N–H and O–H groups in total. The first kappa shape index (κ1) is 20.4. The standard InChI is InChI=1S/C17H36N2O2/c1-8-15(9-2)19(13-14(4)5)12-11-17(6,18-7)16(20)21-10-3/h14-15,18H,8-13H2,1-7H3. The average Bonchev–Trinajstić information content (AvgIpc) is 2.45. The summed E-state index contributed by atoms with van der Waals surface area (Å²) >= 11 is 0. The Kier molecular flexibility index (Phi) is 9.88. The number of hydrogen-bond donors (Lipinski definition) is 1. The van der Waals surface area contributed by atoms with Crippen LogP contribution in [0.2, 0.25) is 0 Å². The summed E-state index contributed by atoms with van der Waals surface area (Å²) in [6.45, 7) is 15.2. The summed E-state index contributed by atoms with van der Waals surface area (Å²) < 4.78 is 5.20. The number of carbonyl (C=O) groups excluding carboxylic acids is 1. The van der Waals surface area contributed by atoms with Crippen LogP contribution in [0.15, 0.2) is 0 Å². The lowest BCUT2D eigenvalue weighted by atomic mass is 9.96. The van der Waals surface area contributed by atoms with Crippen LogP contribution in [0.25, 0.3) is 0 Å². The first-order chi connectivity index (χ1) is 9.84. The van der Waals surface area contributed by atoms with Gasteiger partial charge in [0.25, 0.3) is 0 Å². The third kappa shape index (κ3) is 6.79. The highest BCUT2D eigenvalue weighted by Gasteiger charge is 2.33. The minimum atomic E-state index is -0.600. The van der Waals surface area contributed by atoms with Gasteiger partial charge in [0.2, 0.25) is 0 Å². The molecule has 0 aromatic carbocycles. The number of nitrogens with one attached hydrogen (secondary N) is 1. The van der Waals surface area contributed by atoms with Crippen molar-refractivity contribution < 1.29 is 9.53 Å². The summed E-state index contributed by atoms with van der Waals surface area (Å²) in [6.07, 6.45) is 3.07. The molecule has 21 heavy (non-hydrogen) atoms. The van der Waals surface area contributed by atoms with Crippen molar-refractivity contribution in [1.29, 1.82) is 0 Å². The number of nitrogens with zero attached hydrogens (tertiary/aromatic N) is 1. The predicted molar refractivity (Wildman–Crippen MR) is 89.5 cm³/mol. The number of ether oxygens (including phenoxy) is 1. The molecule has 0 aromatic rings. The van der Waals surface area contributed by atoms with Gasteiger partial charge in [-0.15, -0.1) is 0 Å². The van der Waals surface area contributed by atoms with E-state index < -0.39 is 5.54 Å². The van der Waals surface area contributed by atoms with Crippen molar-refractivity contribution in [2.24, 2.45) is 5.92 Å². The van der Waals surface area contributed by atoms with Gasteiger partial charge in [-0.2, -0.15) is 0 Å². The smallest absolute Gasteiger partial charge is 0.326 e. The maximum absolute atomic E-state index is 12.1. The van der Waals surface area contributed by atoms with Gasteiger partial charge in [-0.1, -0.05) is 27.7 Å². The Morgan fingerprint density at radius 2 is 1.81 bits per heavy atom. The van der Waals surface area contributed by atoms with Crippen molar-refractivity contribution in [2.75, 3.05) is 26.7 Å². The molecule has 1 atom stereocenters. The molecule has 0 aliphatic rings. The van der Waals surface area contributed by atoms with Crippen LogP contribution >= 0.6 is 0 Å². The molecule has 0 amide bonds. The molecule has 0 aliphatic heterocycles. The largest absolute Gasteiger partial charge is 0.465 e. The molecule has 4 heteroatoms. The van der Waals surface area contributed by atoms with Gasteiger partial charge in [0, 0.05) is 19.1 Å². The molecule has 0 heterocycles. The van der Waals surface area contributed by atoms with Gasteiger partial charge in [-0.05, 0) is 46.1 Å². The first-order valence-corrected chi connectivity index (χ1v) is 8.44. The summed E-state index contributed by atoms with van der Waals surface area (Å²) in [7, 11) is 1.83. The molecule has 0 radical (unpaired) electrons. The van der Waals surface area contributed by atoms with E-state index in [2.05, 4.69) is 37.9 Å². The molecular weight excluding hydrogens is 264 g/mol. The highest BCUT2D eigenvalue weighted by atomic mass is 16.5. The van der Waals surface area contributed by atoms with Crippen LogP contribution in [-0.2, 0) is 9.53 Å². The zero-order valence-electron chi connectivity index (χ0n) is 15.2. The monoisotopic (exact) mass is 300 g/mol. The van der Waals surface area contributed by atoms with Crippen molar-refractivity contribution in [2.45, 2.75) is 72.4 Å². The Hall–Kier alpha value is -0.610. The van der Waals surface area contributed by atoms with Crippen LogP contribution in [0.5, 0.6) is 0 Å². The molecule has 0 fully saturated rings. The molecule has 0 saturated heterocycles. The number of carbonyl (C=O) groups is 1. The molecule has 0 saturated carbocycles. The van der Waals surface area contributed by atoms with E-state index in [1.54, 1.807) is 0 Å². The van der Waals surface area contributed by atoms with E-state index >= 15 is 0 Å². The fourth-order valence-corrected chi connectivity index (χ4v) is 2.68. The minimum Gasteiger partial charge on any atom is -0.465 e. The van der Waals surface area contributed by atoms with E-state index in [4.69, 9.17) is 4.74 Å². The van der Waals surface area contributed by atoms with Gasteiger partial charge in [0.1, 0.15) is 5.54 Å². The minimum absolute atomic E-state index is 0.151. The summed E-state index contributed by atoms with van der Waals surface area (Å²) in [5, 5.41) is 3.15. The molecule has 0 aliphatic carbocycles. The highest BCUT2D eigenvalue weighted by molar-refractivity contribution is 5.80. The normalized spacial score (nSPS) is 14.8. The van der Waals surface area contributed by atoms with Crippen LogP contribution in [-0.4, -0.2) is 49.2 Å². The fourth-order valence-electron chi connectivity index (χ4n) is 2.68. The quantitative estimate of drug-likeness (QED) is 0.595. The number of rotatable bonds is 11. The second kappa shape index (κ2) is 10.2. The number of esters is 1. The van der Waals surface area contributed by atoms with Crippen molar-refractivity contribution in [3.8, 4) is 0 Å². The van der Waals surface area contributed by atoms with Gasteiger partial charge in [-0.3, -0.25) is 4.79 Å². The molecule has 1 unspecified atom stereocenters. The third-order valence-corrected chi connectivity index (χ3v) is 4.24.